The molecule has 120 valence electrons. The van der Waals surface area contributed by atoms with E-state index in [0.29, 0.717) is 11.5 Å². The Kier molecular flexibility index (Phi) is 3.55. The second kappa shape index (κ2) is 5.41. The molecule has 3 rings (SSSR count). The van der Waals surface area contributed by atoms with Crippen molar-refractivity contribution in [2.75, 3.05) is 0 Å². The molecule has 0 radical (unpaired) electrons. The molecule has 0 aliphatic carbocycles. The summed E-state index contributed by atoms with van der Waals surface area (Å²) in [6.45, 7) is 0.0521. The van der Waals surface area contributed by atoms with Gasteiger partial charge in [0.2, 0.25) is 0 Å². The molecule has 0 saturated heterocycles. The highest BCUT2D eigenvalue weighted by Crippen LogP contribution is 2.29. The number of nitrogens with one attached hydrogen (secondary N) is 1. The van der Waals surface area contributed by atoms with Crippen molar-refractivity contribution in [3.8, 4) is 0 Å². The molecule has 0 bridgehead atoms. The van der Waals surface area contributed by atoms with Crippen LogP contribution >= 0.6 is 0 Å². The Morgan fingerprint density at radius 2 is 2.04 bits per heavy atom. The van der Waals surface area contributed by atoms with Gasteiger partial charge in [0.1, 0.15) is 5.69 Å². The van der Waals surface area contributed by atoms with Crippen LogP contribution in [0.2, 0.25) is 0 Å². The summed E-state index contributed by atoms with van der Waals surface area (Å²) >= 11 is 0. The highest BCUT2D eigenvalue weighted by Gasteiger charge is 2.31. The lowest BCUT2D eigenvalue weighted by molar-refractivity contribution is -0.137. The van der Waals surface area contributed by atoms with Crippen molar-refractivity contribution in [1.82, 2.24) is 24.5 Å². The molecule has 0 fully saturated rings. The Morgan fingerprint density at radius 3 is 2.70 bits per heavy atom. The van der Waals surface area contributed by atoms with Gasteiger partial charge >= 0.3 is 6.18 Å². The molecule has 0 unspecified atom stereocenters. The van der Waals surface area contributed by atoms with Crippen LogP contribution in [0.15, 0.2) is 36.7 Å². The maximum atomic E-state index is 12.7. The molecule has 0 aliphatic heterocycles. The zero-order valence-electron chi connectivity index (χ0n) is 12.0. The molecule has 0 atom stereocenters. The summed E-state index contributed by atoms with van der Waals surface area (Å²) < 4.78 is 41.0. The Bertz CT molecular complexity index is 865. The van der Waals surface area contributed by atoms with Gasteiger partial charge in [-0.3, -0.25) is 9.20 Å². The third-order valence-electron chi connectivity index (χ3n) is 3.39. The van der Waals surface area contributed by atoms with Crippen LogP contribution in [0, 0.1) is 0 Å². The molecule has 9 heteroatoms. The minimum absolute atomic E-state index is 0.0521. The second-order valence-corrected chi connectivity index (χ2v) is 4.94. The molecular weight excluding hydrogens is 311 g/mol. The van der Waals surface area contributed by atoms with Gasteiger partial charge in [0.25, 0.3) is 5.91 Å². The molecule has 0 aliphatic rings. The van der Waals surface area contributed by atoms with Gasteiger partial charge in [-0.05, 0) is 24.3 Å². The summed E-state index contributed by atoms with van der Waals surface area (Å²) in [6, 6.07) is 5.25. The highest BCUT2D eigenvalue weighted by atomic mass is 19.4. The van der Waals surface area contributed by atoms with Crippen LogP contribution in [0.25, 0.3) is 5.65 Å². The van der Waals surface area contributed by atoms with E-state index in [9.17, 15) is 18.0 Å². The fourth-order valence-corrected chi connectivity index (χ4v) is 2.18. The smallest absolute Gasteiger partial charge is 0.347 e. The van der Waals surface area contributed by atoms with Crippen molar-refractivity contribution < 1.29 is 18.0 Å². The van der Waals surface area contributed by atoms with Gasteiger partial charge in [-0.2, -0.15) is 13.2 Å². The second-order valence-electron chi connectivity index (χ2n) is 4.94. The van der Waals surface area contributed by atoms with Crippen molar-refractivity contribution in [3.63, 3.8) is 0 Å². The number of nitrogens with zero attached hydrogens (tertiary/aromatic N) is 4. The number of amides is 1. The molecule has 0 aromatic carbocycles. The summed E-state index contributed by atoms with van der Waals surface area (Å²) in [5.74, 6) is 0.0393. The first-order valence-corrected chi connectivity index (χ1v) is 6.66. The fourth-order valence-electron chi connectivity index (χ4n) is 2.18. The number of hydrogen-bond acceptors (Lipinski definition) is 3. The van der Waals surface area contributed by atoms with Crippen LogP contribution in [0.5, 0.6) is 0 Å². The van der Waals surface area contributed by atoms with Gasteiger partial charge in [-0.25, -0.2) is 0 Å². The maximum absolute atomic E-state index is 12.7. The minimum Gasteiger partial charge on any atom is -0.347 e. The third-order valence-corrected chi connectivity index (χ3v) is 3.39. The van der Waals surface area contributed by atoms with Gasteiger partial charge in [-0.15, -0.1) is 10.2 Å². The van der Waals surface area contributed by atoms with Crippen molar-refractivity contribution >= 4 is 11.6 Å². The van der Waals surface area contributed by atoms with Gasteiger partial charge < -0.3 is 9.88 Å². The molecular formula is C14H12F3N5O. The van der Waals surface area contributed by atoms with E-state index in [0.717, 1.165) is 12.1 Å². The van der Waals surface area contributed by atoms with Gasteiger partial charge in [0.05, 0.1) is 12.1 Å². The SMILES string of the molecule is Cn1cccc1C(=O)NCc1nnc2cc(C(F)(F)F)ccn12. The molecule has 1 N–H and O–H groups in total. The number of carbonyl (C=O) groups is 1. The van der Waals surface area contributed by atoms with Crippen LogP contribution in [0.1, 0.15) is 21.9 Å². The third kappa shape index (κ3) is 2.89. The Labute approximate surface area is 128 Å². The number of carbonyl (C=O) groups excluding carboxylic acids is 1. The van der Waals surface area contributed by atoms with Crippen molar-refractivity contribution in [2.45, 2.75) is 12.7 Å². The number of halogens is 3. The molecule has 0 spiro atoms. The average Bonchev–Trinajstić information content (AvgIpc) is 3.09. The van der Waals surface area contributed by atoms with E-state index >= 15 is 0 Å². The summed E-state index contributed by atoms with van der Waals surface area (Å²) in [5, 5.41) is 10.2. The van der Waals surface area contributed by atoms with Crippen LogP contribution in [0.3, 0.4) is 0 Å². The fraction of sp³-hybridized carbons (Fsp3) is 0.214. The first-order chi connectivity index (χ1) is 10.9. The molecule has 0 saturated carbocycles. The molecule has 23 heavy (non-hydrogen) atoms. The van der Waals surface area contributed by atoms with Crippen molar-refractivity contribution in [2.24, 2.45) is 7.05 Å². The van der Waals surface area contributed by atoms with Crippen molar-refractivity contribution in [3.05, 3.63) is 53.7 Å². The molecule has 3 heterocycles. The number of hydrogen-bond donors (Lipinski definition) is 1. The lowest BCUT2D eigenvalue weighted by atomic mass is 10.2. The van der Waals surface area contributed by atoms with E-state index in [-0.39, 0.29) is 18.1 Å². The van der Waals surface area contributed by atoms with Crippen LogP contribution in [0.4, 0.5) is 13.2 Å². The largest absolute Gasteiger partial charge is 0.416 e. The predicted octanol–water partition coefficient (Wildman–Crippen LogP) is 2.02. The lowest BCUT2D eigenvalue weighted by Gasteiger charge is -2.07. The molecule has 3 aromatic rings. The number of rotatable bonds is 3. The van der Waals surface area contributed by atoms with E-state index < -0.39 is 11.7 Å². The van der Waals surface area contributed by atoms with Crippen LogP contribution in [-0.4, -0.2) is 25.1 Å². The minimum atomic E-state index is -4.44. The number of fused-ring (bicyclic) bond motifs is 1. The predicted molar refractivity (Wildman–Crippen MR) is 74.6 cm³/mol. The number of alkyl halides is 3. The van der Waals surface area contributed by atoms with Gasteiger partial charge in [0, 0.05) is 19.4 Å². The van der Waals surface area contributed by atoms with E-state index in [1.54, 1.807) is 29.9 Å². The standard InChI is InChI=1S/C14H12F3N5O/c1-21-5-2-3-10(21)13(23)18-8-12-20-19-11-7-9(14(15,16)17)4-6-22(11)12/h2-7H,8H2,1H3,(H,18,23). The van der Waals surface area contributed by atoms with Gasteiger partial charge in [-0.1, -0.05) is 0 Å². The molecule has 6 nitrogen and oxygen atoms in total. The Morgan fingerprint density at radius 1 is 1.26 bits per heavy atom. The normalized spacial score (nSPS) is 11.8. The topological polar surface area (TPSA) is 64.2 Å². The lowest BCUT2D eigenvalue weighted by Crippen LogP contribution is -2.25. The van der Waals surface area contributed by atoms with E-state index in [2.05, 4.69) is 15.5 Å². The summed E-state index contributed by atoms with van der Waals surface area (Å²) in [5.41, 5.74) is -0.252. The summed E-state index contributed by atoms with van der Waals surface area (Å²) in [7, 11) is 1.74. The van der Waals surface area contributed by atoms with E-state index in [4.69, 9.17) is 0 Å². The number of aryl methyl sites for hydroxylation is 1. The Balaban J connectivity index is 1.79. The first kappa shape index (κ1) is 15.1. The van der Waals surface area contributed by atoms with E-state index in [1.807, 2.05) is 0 Å². The average molecular weight is 323 g/mol. The van der Waals surface area contributed by atoms with Crippen molar-refractivity contribution in [1.29, 1.82) is 0 Å². The molecule has 3 aromatic heterocycles. The van der Waals surface area contributed by atoms with Crippen LogP contribution < -0.4 is 5.32 Å². The zero-order chi connectivity index (χ0) is 16.6. The highest BCUT2D eigenvalue weighted by molar-refractivity contribution is 5.92. The Hall–Kier alpha value is -2.84. The van der Waals surface area contributed by atoms with Crippen LogP contribution in [-0.2, 0) is 19.8 Å². The summed E-state index contributed by atoms with van der Waals surface area (Å²) in [6.07, 6.45) is -1.46. The monoisotopic (exact) mass is 323 g/mol. The first-order valence-electron chi connectivity index (χ1n) is 6.66. The van der Waals surface area contributed by atoms with E-state index in [1.165, 1.54) is 10.6 Å². The quantitative estimate of drug-likeness (QED) is 0.802. The number of pyridine rings is 1. The van der Waals surface area contributed by atoms with Gasteiger partial charge in [0.15, 0.2) is 11.5 Å². The maximum Gasteiger partial charge on any atom is 0.416 e. The summed E-state index contributed by atoms with van der Waals surface area (Å²) in [4.78, 5) is 12.0. The zero-order valence-corrected chi connectivity index (χ0v) is 12.0. The molecule has 1 amide bonds. The number of aromatic nitrogens is 4.